The van der Waals surface area contributed by atoms with E-state index in [9.17, 15) is 14.4 Å². The molecular formula is C19H24N2O4. The first kappa shape index (κ1) is 17.5. The van der Waals surface area contributed by atoms with Crippen LogP contribution in [0.1, 0.15) is 43.0 Å². The molecule has 0 aromatic heterocycles. The number of esters is 1. The number of amides is 2. The maximum absolute atomic E-state index is 12.9. The summed E-state index contributed by atoms with van der Waals surface area (Å²) in [6, 6.07) is 6.37. The number of hydrogen-bond acceptors (Lipinski definition) is 4. The van der Waals surface area contributed by atoms with Crippen molar-refractivity contribution in [1.29, 1.82) is 0 Å². The largest absolute Gasteiger partial charge is 0.467 e. The summed E-state index contributed by atoms with van der Waals surface area (Å²) in [6.07, 6.45) is 3.31. The number of ether oxygens (including phenoxy) is 1. The molecule has 6 nitrogen and oxygen atoms in total. The number of carbonyl (C=O) groups is 3. The van der Waals surface area contributed by atoms with Gasteiger partial charge in [0.05, 0.1) is 7.11 Å². The Morgan fingerprint density at radius 2 is 2.00 bits per heavy atom. The first-order valence-electron chi connectivity index (χ1n) is 8.81. The highest BCUT2D eigenvalue weighted by Gasteiger charge is 2.39. The van der Waals surface area contributed by atoms with Gasteiger partial charge >= 0.3 is 5.97 Å². The molecule has 3 atom stereocenters. The standard InChI is InChI=1S/C19H24N2O4/c1-12-10-15(12)17(22)20-14-7-5-6-13(11-14)18(23)21-9-4-3-8-16(21)19(24)25-2/h5-7,11-12,15-16H,3-4,8-10H2,1-2H3,(H,20,22)/t12-,15+,16-/m0/s1. The minimum Gasteiger partial charge on any atom is -0.467 e. The number of methoxy groups -OCH3 is 1. The van der Waals surface area contributed by atoms with Crippen molar-refractivity contribution < 1.29 is 19.1 Å². The Morgan fingerprint density at radius 1 is 1.24 bits per heavy atom. The lowest BCUT2D eigenvalue weighted by molar-refractivity contribution is -0.147. The summed E-state index contributed by atoms with van der Waals surface area (Å²) < 4.78 is 4.84. The van der Waals surface area contributed by atoms with Gasteiger partial charge in [0.1, 0.15) is 6.04 Å². The second-order valence-electron chi connectivity index (χ2n) is 6.92. The van der Waals surface area contributed by atoms with Gasteiger partial charge in [-0.25, -0.2) is 4.79 Å². The third-order valence-electron chi connectivity index (χ3n) is 5.06. The molecule has 1 saturated carbocycles. The lowest BCUT2D eigenvalue weighted by Crippen LogP contribution is -2.48. The normalized spacial score (nSPS) is 25.2. The SMILES string of the molecule is COC(=O)[C@@H]1CCCCN1C(=O)c1cccc(NC(=O)[C@@H]2C[C@@H]2C)c1. The van der Waals surface area contributed by atoms with Crippen molar-refractivity contribution in [1.82, 2.24) is 4.90 Å². The first-order valence-corrected chi connectivity index (χ1v) is 8.81. The molecule has 0 bridgehead atoms. The predicted molar refractivity (Wildman–Crippen MR) is 93.0 cm³/mol. The van der Waals surface area contributed by atoms with Crippen LogP contribution in [0.5, 0.6) is 0 Å². The quantitative estimate of drug-likeness (QED) is 0.851. The smallest absolute Gasteiger partial charge is 0.328 e. The molecule has 0 unspecified atom stereocenters. The average Bonchev–Trinajstić information content (AvgIpc) is 3.37. The van der Waals surface area contributed by atoms with Crippen LogP contribution in [-0.2, 0) is 14.3 Å². The van der Waals surface area contributed by atoms with Gasteiger partial charge in [-0.1, -0.05) is 13.0 Å². The van der Waals surface area contributed by atoms with E-state index in [1.807, 2.05) is 6.92 Å². The molecule has 1 heterocycles. The van der Waals surface area contributed by atoms with Crippen LogP contribution in [0.15, 0.2) is 24.3 Å². The second-order valence-corrected chi connectivity index (χ2v) is 6.92. The maximum atomic E-state index is 12.9. The van der Waals surface area contributed by atoms with Crippen molar-refractivity contribution in [3.63, 3.8) is 0 Å². The van der Waals surface area contributed by atoms with E-state index in [4.69, 9.17) is 4.74 Å². The fourth-order valence-corrected chi connectivity index (χ4v) is 3.37. The van der Waals surface area contributed by atoms with Gasteiger partial charge in [-0.15, -0.1) is 0 Å². The van der Waals surface area contributed by atoms with Crippen molar-refractivity contribution in [3.8, 4) is 0 Å². The van der Waals surface area contributed by atoms with Crippen LogP contribution in [0.2, 0.25) is 0 Å². The van der Waals surface area contributed by atoms with E-state index in [1.54, 1.807) is 29.2 Å². The molecule has 25 heavy (non-hydrogen) atoms. The molecule has 134 valence electrons. The van der Waals surface area contributed by atoms with Crippen LogP contribution < -0.4 is 5.32 Å². The summed E-state index contributed by atoms with van der Waals surface area (Å²) in [5.41, 5.74) is 1.08. The van der Waals surface area contributed by atoms with Crippen LogP contribution in [0, 0.1) is 11.8 Å². The van der Waals surface area contributed by atoms with Crippen molar-refractivity contribution in [3.05, 3.63) is 29.8 Å². The molecule has 2 aliphatic rings. The van der Waals surface area contributed by atoms with Crippen LogP contribution in [-0.4, -0.2) is 42.4 Å². The molecule has 1 aliphatic heterocycles. The van der Waals surface area contributed by atoms with E-state index >= 15 is 0 Å². The average molecular weight is 344 g/mol. The van der Waals surface area contributed by atoms with E-state index < -0.39 is 6.04 Å². The Bertz CT molecular complexity index is 688. The molecule has 1 aliphatic carbocycles. The molecule has 1 aromatic rings. The fraction of sp³-hybridized carbons (Fsp3) is 0.526. The second kappa shape index (κ2) is 7.25. The third kappa shape index (κ3) is 3.83. The summed E-state index contributed by atoms with van der Waals surface area (Å²) in [5, 5.41) is 2.88. The summed E-state index contributed by atoms with van der Waals surface area (Å²) in [5.74, 6) is -0.0714. The van der Waals surface area contributed by atoms with Gasteiger partial charge in [0.25, 0.3) is 5.91 Å². The molecule has 2 amide bonds. The number of carbonyl (C=O) groups excluding carboxylic acids is 3. The number of anilines is 1. The monoisotopic (exact) mass is 344 g/mol. The molecule has 2 fully saturated rings. The van der Waals surface area contributed by atoms with Crippen molar-refractivity contribution in [2.75, 3.05) is 19.0 Å². The lowest BCUT2D eigenvalue weighted by atomic mass is 10.0. The number of piperidine rings is 1. The van der Waals surface area contributed by atoms with Crippen LogP contribution in [0.25, 0.3) is 0 Å². The van der Waals surface area contributed by atoms with Crippen LogP contribution in [0.4, 0.5) is 5.69 Å². The van der Waals surface area contributed by atoms with Crippen molar-refractivity contribution in [2.45, 2.75) is 38.6 Å². The summed E-state index contributed by atoms with van der Waals surface area (Å²) in [4.78, 5) is 38.5. The minimum absolute atomic E-state index is 0.00232. The van der Waals surface area contributed by atoms with Gasteiger partial charge in [0, 0.05) is 23.7 Å². The third-order valence-corrected chi connectivity index (χ3v) is 5.06. The van der Waals surface area contributed by atoms with E-state index in [0.717, 1.165) is 19.3 Å². The number of benzene rings is 1. The molecule has 1 saturated heterocycles. The zero-order chi connectivity index (χ0) is 18.0. The highest BCUT2D eigenvalue weighted by atomic mass is 16.5. The van der Waals surface area contributed by atoms with Crippen molar-refractivity contribution >= 4 is 23.5 Å². The Morgan fingerprint density at radius 3 is 2.68 bits per heavy atom. The number of nitrogens with zero attached hydrogens (tertiary/aromatic N) is 1. The number of rotatable bonds is 4. The molecule has 1 aromatic carbocycles. The molecule has 0 radical (unpaired) electrons. The van der Waals surface area contributed by atoms with Gasteiger partial charge in [-0.3, -0.25) is 9.59 Å². The van der Waals surface area contributed by atoms with Gasteiger partial charge in [0.2, 0.25) is 5.91 Å². The number of likely N-dealkylation sites (tertiary alicyclic amines) is 1. The predicted octanol–water partition coefficient (Wildman–Crippen LogP) is 2.45. The van der Waals surface area contributed by atoms with Crippen molar-refractivity contribution in [2.24, 2.45) is 11.8 Å². The molecule has 0 spiro atoms. The zero-order valence-electron chi connectivity index (χ0n) is 14.7. The van der Waals surface area contributed by atoms with E-state index in [-0.39, 0.29) is 23.7 Å². The Labute approximate surface area is 147 Å². The van der Waals surface area contributed by atoms with Gasteiger partial charge in [-0.2, -0.15) is 0 Å². The molecule has 3 rings (SSSR count). The molecule has 1 N–H and O–H groups in total. The topological polar surface area (TPSA) is 75.7 Å². The number of hydrogen-bond donors (Lipinski definition) is 1. The van der Waals surface area contributed by atoms with Gasteiger partial charge in [-0.05, 0) is 49.8 Å². The van der Waals surface area contributed by atoms with Gasteiger partial charge < -0.3 is 15.0 Å². The highest BCUT2D eigenvalue weighted by Crippen LogP contribution is 2.38. The summed E-state index contributed by atoms with van der Waals surface area (Å²) in [6.45, 7) is 2.59. The fourth-order valence-electron chi connectivity index (χ4n) is 3.37. The molecule has 6 heteroatoms. The Kier molecular flexibility index (Phi) is 5.06. The van der Waals surface area contributed by atoms with Crippen LogP contribution >= 0.6 is 0 Å². The summed E-state index contributed by atoms with van der Waals surface area (Å²) in [7, 11) is 1.34. The maximum Gasteiger partial charge on any atom is 0.328 e. The highest BCUT2D eigenvalue weighted by molar-refractivity contribution is 5.99. The molecular weight excluding hydrogens is 320 g/mol. The van der Waals surface area contributed by atoms with E-state index in [1.165, 1.54) is 7.11 Å². The first-order chi connectivity index (χ1) is 12.0. The minimum atomic E-state index is -0.531. The Balaban J connectivity index is 1.73. The number of nitrogens with one attached hydrogen (secondary N) is 1. The zero-order valence-corrected chi connectivity index (χ0v) is 14.7. The van der Waals surface area contributed by atoms with E-state index in [0.29, 0.717) is 30.1 Å². The van der Waals surface area contributed by atoms with E-state index in [2.05, 4.69) is 5.32 Å². The summed E-state index contributed by atoms with van der Waals surface area (Å²) >= 11 is 0. The van der Waals surface area contributed by atoms with Crippen LogP contribution in [0.3, 0.4) is 0 Å². The Hall–Kier alpha value is -2.37. The lowest BCUT2D eigenvalue weighted by Gasteiger charge is -2.33. The van der Waals surface area contributed by atoms with Gasteiger partial charge in [0.15, 0.2) is 0 Å².